The zero-order valence-electron chi connectivity index (χ0n) is 19.2. The molecule has 3 rings (SSSR count). The van der Waals surface area contributed by atoms with Crippen LogP contribution < -0.4 is 15.4 Å². The van der Waals surface area contributed by atoms with E-state index in [0.29, 0.717) is 5.56 Å². The van der Waals surface area contributed by atoms with Crippen LogP contribution in [-0.4, -0.2) is 51.8 Å². The molecule has 0 aromatic heterocycles. The van der Waals surface area contributed by atoms with Gasteiger partial charge in [0.05, 0.1) is 7.11 Å². The van der Waals surface area contributed by atoms with Gasteiger partial charge in [0.1, 0.15) is 16.7 Å². The van der Waals surface area contributed by atoms with Crippen LogP contribution in [-0.2, 0) is 21.2 Å². The molecule has 9 heteroatoms. The molecule has 2 amide bonds. The standard InChI is InChI=1S/C25H27N3O5S/c1-28(2)34(31,32)23-17-20(14-15-22(23)33-3)26-25(30)21(16-18-10-6-4-7-11-18)27-24(29)19-12-8-5-9-13-19/h4-15,17,21H,16H2,1-3H3,(H,26,30)(H,27,29)/t21-/m0/s1. The van der Waals surface area contributed by atoms with Crippen LogP contribution in [0.15, 0.2) is 83.8 Å². The molecule has 3 aromatic rings. The Kier molecular flexibility index (Phi) is 8.04. The maximum Gasteiger partial charge on any atom is 0.251 e. The zero-order chi connectivity index (χ0) is 24.7. The van der Waals surface area contributed by atoms with E-state index in [2.05, 4.69) is 10.6 Å². The van der Waals surface area contributed by atoms with E-state index in [4.69, 9.17) is 4.74 Å². The lowest BCUT2D eigenvalue weighted by Crippen LogP contribution is -2.45. The number of nitrogens with zero attached hydrogens (tertiary/aromatic N) is 1. The van der Waals surface area contributed by atoms with E-state index in [1.807, 2.05) is 30.3 Å². The predicted octanol–water partition coefficient (Wildman–Crippen LogP) is 2.93. The number of carbonyl (C=O) groups is 2. The minimum absolute atomic E-state index is 0.0780. The summed E-state index contributed by atoms with van der Waals surface area (Å²) in [6, 6.07) is 21.4. The minimum Gasteiger partial charge on any atom is -0.495 e. The molecule has 34 heavy (non-hydrogen) atoms. The first-order valence-corrected chi connectivity index (χ1v) is 12.0. The van der Waals surface area contributed by atoms with Gasteiger partial charge in [-0.25, -0.2) is 12.7 Å². The van der Waals surface area contributed by atoms with E-state index in [0.717, 1.165) is 9.87 Å². The highest BCUT2D eigenvalue weighted by Gasteiger charge is 2.25. The number of nitrogens with one attached hydrogen (secondary N) is 2. The Hall–Kier alpha value is -3.69. The number of ether oxygens (including phenoxy) is 1. The maximum atomic E-state index is 13.2. The molecule has 8 nitrogen and oxygen atoms in total. The molecule has 1 atom stereocenters. The summed E-state index contributed by atoms with van der Waals surface area (Å²) in [6.45, 7) is 0. The summed E-state index contributed by atoms with van der Waals surface area (Å²) in [5, 5.41) is 5.51. The van der Waals surface area contributed by atoms with Gasteiger partial charge in [0.15, 0.2) is 0 Å². The molecule has 178 valence electrons. The molecule has 0 aliphatic heterocycles. The summed E-state index contributed by atoms with van der Waals surface area (Å²) >= 11 is 0. The molecule has 0 saturated heterocycles. The summed E-state index contributed by atoms with van der Waals surface area (Å²) in [5.74, 6) is -0.710. The molecule has 0 spiro atoms. The predicted molar refractivity (Wildman–Crippen MR) is 130 cm³/mol. The van der Waals surface area contributed by atoms with Crippen molar-refractivity contribution >= 4 is 27.5 Å². The van der Waals surface area contributed by atoms with Gasteiger partial charge in [-0.3, -0.25) is 9.59 Å². The van der Waals surface area contributed by atoms with Crippen molar-refractivity contribution in [2.45, 2.75) is 17.4 Å². The molecular formula is C25H27N3O5S. The first-order valence-electron chi connectivity index (χ1n) is 10.5. The summed E-state index contributed by atoms with van der Waals surface area (Å²) in [4.78, 5) is 25.9. The second-order valence-electron chi connectivity index (χ2n) is 7.72. The lowest BCUT2D eigenvalue weighted by Gasteiger charge is -2.20. The fraction of sp³-hybridized carbons (Fsp3) is 0.200. The molecule has 0 heterocycles. The Bertz CT molecular complexity index is 1250. The Balaban J connectivity index is 1.88. The van der Waals surface area contributed by atoms with Crippen LogP contribution in [0, 0.1) is 0 Å². The topological polar surface area (TPSA) is 105 Å². The number of carbonyl (C=O) groups excluding carboxylic acids is 2. The number of benzene rings is 3. The van der Waals surface area contributed by atoms with Gasteiger partial charge < -0.3 is 15.4 Å². The van der Waals surface area contributed by atoms with Gasteiger partial charge in [-0.15, -0.1) is 0 Å². The van der Waals surface area contributed by atoms with Crippen molar-refractivity contribution in [3.05, 3.63) is 90.0 Å². The molecule has 0 aliphatic carbocycles. The van der Waals surface area contributed by atoms with Gasteiger partial charge in [-0.05, 0) is 35.9 Å². The fourth-order valence-electron chi connectivity index (χ4n) is 3.27. The lowest BCUT2D eigenvalue weighted by molar-refractivity contribution is -0.118. The van der Waals surface area contributed by atoms with Crippen LogP contribution in [0.5, 0.6) is 5.75 Å². The lowest BCUT2D eigenvalue weighted by atomic mass is 10.0. The van der Waals surface area contributed by atoms with Crippen LogP contribution in [0.25, 0.3) is 0 Å². The minimum atomic E-state index is -3.81. The fourth-order valence-corrected chi connectivity index (χ4v) is 4.35. The van der Waals surface area contributed by atoms with E-state index in [-0.39, 0.29) is 28.7 Å². The van der Waals surface area contributed by atoms with E-state index in [1.165, 1.54) is 33.3 Å². The van der Waals surface area contributed by atoms with Crippen molar-refractivity contribution in [3.8, 4) is 5.75 Å². The Morgan fingerprint density at radius 1 is 0.941 bits per heavy atom. The molecule has 0 saturated carbocycles. The number of rotatable bonds is 9. The highest BCUT2D eigenvalue weighted by atomic mass is 32.2. The highest BCUT2D eigenvalue weighted by Crippen LogP contribution is 2.29. The van der Waals surface area contributed by atoms with Crippen LogP contribution in [0.3, 0.4) is 0 Å². The average Bonchev–Trinajstić information content (AvgIpc) is 2.84. The molecule has 0 fully saturated rings. The number of hydrogen-bond acceptors (Lipinski definition) is 5. The van der Waals surface area contributed by atoms with Crippen molar-refractivity contribution in [3.63, 3.8) is 0 Å². The van der Waals surface area contributed by atoms with Gasteiger partial charge in [0.25, 0.3) is 5.91 Å². The number of hydrogen-bond donors (Lipinski definition) is 2. The summed E-state index contributed by atoms with van der Waals surface area (Å²) in [6.07, 6.45) is 0.254. The zero-order valence-corrected chi connectivity index (χ0v) is 20.0. The summed E-state index contributed by atoms with van der Waals surface area (Å²) < 4.78 is 31.7. The van der Waals surface area contributed by atoms with Crippen LogP contribution in [0.1, 0.15) is 15.9 Å². The van der Waals surface area contributed by atoms with E-state index in [9.17, 15) is 18.0 Å². The van der Waals surface area contributed by atoms with E-state index in [1.54, 1.807) is 36.4 Å². The van der Waals surface area contributed by atoms with Crippen molar-refractivity contribution in [1.29, 1.82) is 0 Å². The smallest absolute Gasteiger partial charge is 0.251 e. The molecule has 2 N–H and O–H groups in total. The largest absolute Gasteiger partial charge is 0.495 e. The Morgan fingerprint density at radius 2 is 1.56 bits per heavy atom. The second kappa shape index (κ2) is 11.0. The van der Waals surface area contributed by atoms with Crippen molar-refractivity contribution < 1.29 is 22.7 Å². The third-order valence-electron chi connectivity index (χ3n) is 5.13. The SMILES string of the molecule is COc1ccc(NC(=O)[C@H](Cc2ccccc2)NC(=O)c2ccccc2)cc1S(=O)(=O)N(C)C. The van der Waals surface area contributed by atoms with Crippen molar-refractivity contribution in [1.82, 2.24) is 9.62 Å². The molecular weight excluding hydrogens is 454 g/mol. The second-order valence-corrected chi connectivity index (χ2v) is 9.84. The van der Waals surface area contributed by atoms with Crippen LogP contribution in [0.4, 0.5) is 5.69 Å². The molecule has 3 aromatic carbocycles. The van der Waals surface area contributed by atoms with Gasteiger partial charge >= 0.3 is 0 Å². The van der Waals surface area contributed by atoms with Crippen molar-refractivity contribution in [2.24, 2.45) is 0 Å². The molecule has 0 unspecified atom stereocenters. The van der Waals surface area contributed by atoms with Crippen LogP contribution >= 0.6 is 0 Å². The third kappa shape index (κ3) is 6.00. The number of methoxy groups -OCH3 is 1. The monoisotopic (exact) mass is 481 g/mol. The first kappa shape index (κ1) is 24.9. The third-order valence-corrected chi connectivity index (χ3v) is 6.97. The normalized spacial score (nSPS) is 12.1. The quantitative estimate of drug-likeness (QED) is 0.489. The van der Waals surface area contributed by atoms with E-state index >= 15 is 0 Å². The van der Waals surface area contributed by atoms with Gasteiger partial charge in [-0.2, -0.15) is 0 Å². The van der Waals surface area contributed by atoms with Gasteiger partial charge in [-0.1, -0.05) is 48.5 Å². The molecule has 0 radical (unpaired) electrons. The molecule has 0 bridgehead atoms. The highest BCUT2D eigenvalue weighted by molar-refractivity contribution is 7.89. The van der Waals surface area contributed by atoms with Crippen LogP contribution in [0.2, 0.25) is 0 Å². The Labute approximate surface area is 199 Å². The Morgan fingerprint density at radius 3 is 2.15 bits per heavy atom. The summed E-state index contributed by atoms with van der Waals surface area (Å²) in [5.41, 5.74) is 1.55. The van der Waals surface area contributed by atoms with Gasteiger partial charge in [0, 0.05) is 31.8 Å². The maximum absolute atomic E-state index is 13.2. The summed E-state index contributed by atoms with van der Waals surface area (Å²) in [7, 11) is 0.381. The molecule has 0 aliphatic rings. The number of anilines is 1. The number of amides is 2. The average molecular weight is 482 g/mol. The van der Waals surface area contributed by atoms with Crippen molar-refractivity contribution in [2.75, 3.05) is 26.5 Å². The first-order chi connectivity index (χ1) is 16.2. The number of sulfonamides is 1. The van der Waals surface area contributed by atoms with E-state index < -0.39 is 22.0 Å². The van der Waals surface area contributed by atoms with Gasteiger partial charge in [0.2, 0.25) is 15.9 Å².